The summed E-state index contributed by atoms with van der Waals surface area (Å²) >= 11 is 0. The zero-order valence-electron chi connectivity index (χ0n) is 8.60. The molecule has 4 N–H and O–H groups in total. The van der Waals surface area contributed by atoms with Crippen LogP contribution in [0.5, 0.6) is 5.75 Å². The number of rotatable bonds is 6. The molecule has 0 radical (unpaired) electrons. The van der Waals surface area contributed by atoms with E-state index >= 15 is 0 Å². The summed E-state index contributed by atoms with van der Waals surface area (Å²) in [5.41, 5.74) is 6.67. The van der Waals surface area contributed by atoms with E-state index in [1.54, 1.807) is 0 Å². The van der Waals surface area contributed by atoms with E-state index in [0.717, 1.165) is 11.3 Å². The number of aliphatic hydroxyl groups excluding tert-OH is 2. The summed E-state index contributed by atoms with van der Waals surface area (Å²) in [5.74, 6) is 0.727. The molecule has 0 heterocycles. The summed E-state index contributed by atoms with van der Waals surface area (Å²) < 4.78 is 5.21. The molecule has 1 rings (SSSR count). The Balaban J connectivity index is 2.48. The smallest absolute Gasteiger partial charge is 0.119 e. The molecule has 0 aromatic heterocycles. The first kappa shape index (κ1) is 12.0. The Morgan fingerprint density at radius 3 is 2.40 bits per heavy atom. The van der Waals surface area contributed by atoms with Crippen LogP contribution >= 0.6 is 0 Å². The average Bonchev–Trinajstić information content (AvgIpc) is 2.28. The molecule has 0 amide bonds. The summed E-state index contributed by atoms with van der Waals surface area (Å²) in [7, 11) is 0. The van der Waals surface area contributed by atoms with Crippen molar-refractivity contribution in [1.82, 2.24) is 0 Å². The maximum absolute atomic E-state index is 8.79. The lowest BCUT2D eigenvalue weighted by Gasteiger charge is -2.09. The number of ether oxygens (including phenoxy) is 1. The highest BCUT2D eigenvalue weighted by molar-refractivity contribution is 5.27. The zero-order chi connectivity index (χ0) is 11.1. The SMILES string of the molecule is NC(CO)Cc1ccc(OCCO)cc1. The molecule has 0 fully saturated rings. The molecule has 0 spiro atoms. The van der Waals surface area contributed by atoms with Crippen molar-refractivity contribution in [2.75, 3.05) is 19.8 Å². The third-order valence-electron chi connectivity index (χ3n) is 2.02. The van der Waals surface area contributed by atoms with Crippen LogP contribution < -0.4 is 10.5 Å². The Bertz CT molecular complexity index is 274. The molecule has 0 aliphatic carbocycles. The zero-order valence-corrected chi connectivity index (χ0v) is 8.60. The van der Waals surface area contributed by atoms with Gasteiger partial charge in [-0.05, 0) is 24.1 Å². The molecule has 0 aliphatic rings. The first-order valence-electron chi connectivity index (χ1n) is 4.95. The maximum Gasteiger partial charge on any atom is 0.119 e. The number of aliphatic hydroxyl groups is 2. The van der Waals surface area contributed by atoms with Gasteiger partial charge in [-0.15, -0.1) is 0 Å². The van der Waals surface area contributed by atoms with Crippen LogP contribution in [0.4, 0.5) is 0 Å². The van der Waals surface area contributed by atoms with Crippen molar-refractivity contribution < 1.29 is 14.9 Å². The van der Waals surface area contributed by atoms with Crippen molar-refractivity contribution in [1.29, 1.82) is 0 Å². The fourth-order valence-electron chi connectivity index (χ4n) is 1.25. The van der Waals surface area contributed by atoms with E-state index in [1.165, 1.54) is 0 Å². The lowest BCUT2D eigenvalue weighted by atomic mass is 10.1. The van der Waals surface area contributed by atoms with Gasteiger partial charge in [0.1, 0.15) is 12.4 Å². The van der Waals surface area contributed by atoms with E-state index in [4.69, 9.17) is 20.7 Å². The van der Waals surface area contributed by atoms with Crippen molar-refractivity contribution in [3.63, 3.8) is 0 Å². The molecule has 15 heavy (non-hydrogen) atoms. The molecule has 0 aliphatic heterocycles. The standard InChI is InChI=1S/C11H17NO3/c12-10(8-14)7-9-1-3-11(4-2-9)15-6-5-13/h1-4,10,13-14H,5-8,12H2. The molecule has 4 nitrogen and oxygen atoms in total. The van der Waals surface area contributed by atoms with Crippen LogP contribution in [0.3, 0.4) is 0 Å². The Hall–Kier alpha value is -1.10. The van der Waals surface area contributed by atoms with Crippen molar-refractivity contribution in [3.8, 4) is 5.75 Å². The Morgan fingerprint density at radius 1 is 1.20 bits per heavy atom. The van der Waals surface area contributed by atoms with Gasteiger partial charge in [0.05, 0.1) is 13.2 Å². The second-order valence-electron chi connectivity index (χ2n) is 3.36. The van der Waals surface area contributed by atoms with Crippen molar-refractivity contribution >= 4 is 0 Å². The van der Waals surface area contributed by atoms with Gasteiger partial charge in [0.2, 0.25) is 0 Å². The van der Waals surface area contributed by atoms with E-state index < -0.39 is 0 Å². The quantitative estimate of drug-likeness (QED) is 0.615. The Morgan fingerprint density at radius 2 is 1.87 bits per heavy atom. The van der Waals surface area contributed by atoms with Crippen LogP contribution in [0.2, 0.25) is 0 Å². The largest absolute Gasteiger partial charge is 0.491 e. The average molecular weight is 211 g/mol. The molecule has 0 saturated heterocycles. The summed E-state index contributed by atoms with van der Waals surface area (Å²) in [5, 5.41) is 17.4. The summed E-state index contributed by atoms with van der Waals surface area (Å²) in [6.07, 6.45) is 0.650. The molecule has 0 bridgehead atoms. The molecule has 1 atom stereocenters. The molecule has 1 unspecified atom stereocenters. The fraction of sp³-hybridized carbons (Fsp3) is 0.455. The lowest BCUT2D eigenvalue weighted by Crippen LogP contribution is -2.26. The number of nitrogens with two attached hydrogens (primary N) is 1. The van der Waals surface area contributed by atoms with Gasteiger partial charge in [-0.25, -0.2) is 0 Å². The minimum absolute atomic E-state index is 0.0110. The van der Waals surface area contributed by atoms with E-state index in [9.17, 15) is 0 Å². The summed E-state index contributed by atoms with van der Waals surface area (Å²) in [6, 6.07) is 7.25. The van der Waals surface area contributed by atoms with E-state index in [-0.39, 0.29) is 19.3 Å². The van der Waals surface area contributed by atoms with Crippen molar-refractivity contribution in [2.45, 2.75) is 12.5 Å². The van der Waals surface area contributed by atoms with Gasteiger partial charge in [0.15, 0.2) is 0 Å². The molecule has 84 valence electrons. The van der Waals surface area contributed by atoms with Crippen LogP contribution in [-0.4, -0.2) is 36.1 Å². The van der Waals surface area contributed by atoms with Gasteiger partial charge in [-0.2, -0.15) is 0 Å². The van der Waals surface area contributed by atoms with Gasteiger partial charge in [0, 0.05) is 6.04 Å². The predicted molar refractivity (Wildman–Crippen MR) is 57.8 cm³/mol. The van der Waals surface area contributed by atoms with E-state index in [2.05, 4.69) is 0 Å². The van der Waals surface area contributed by atoms with Crippen LogP contribution in [0.1, 0.15) is 5.56 Å². The monoisotopic (exact) mass is 211 g/mol. The third kappa shape index (κ3) is 4.29. The van der Waals surface area contributed by atoms with Crippen LogP contribution in [-0.2, 0) is 6.42 Å². The normalized spacial score (nSPS) is 12.5. The predicted octanol–water partition coefficient (Wildman–Crippen LogP) is -0.0802. The minimum Gasteiger partial charge on any atom is -0.491 e. The molecule has 1 aromatic carbocycles. The highest BCUT2D eigenvalue weighted by Crippen LogP contribution is 2.12. The third-order valence-corrected chi connectivity index (χ3v) is 2.02. The Labute approximate surface area is 89.3 Å². The van der Waals surface area contributed by atoms with Gasteiger partial charge < -0.3 is 20.7 Å². The minimum atomic E-state index is -0.214. The molecule has 1 aromatic rings. The summed E-state index contributed by atoms with van der Waals surface area (Å²) in [6.45, 7) is 0.301. The van der Waals surface area contributed by atoms with Gasteiger partial charge in [0.25, 0.3) is 0 Å². The number of hydrogen-bond acceptors (Lipinski definition) is 4. The number of hydrogen-bond donors (Lipinski definition) is 3. The van der Waals surface area contributed by atoms with E-state index in [0.29, 0.717) is 13.0 Å². The molecular weight excluding hydrogens is 194 g/mol. The lowest BCUT2D eigenvalue weighted by molar-refractivity contribution is 0.201. The fourth-order valence-corrected chi connectivity index (χ4v) is 1.25. The molecular formula is C11H17NO3. The second kappa shape index (κ2) is 6.40. The first-order chi connectivity index (χ1) is 7.26. The van der Waals surface area contributed by atoms with Crippen LogP contribution in [0, 0.1) is 0 Å². The Kier molecular flexibility index (Phi) is 5.10. The van der Waals surface area contributed by atoms with Gasteiger partial charge >= 0.3 is 0 Å². The summed E-state index contributed by atoms with van der Waals surface area (Å²) in [4.78, 5) is 0. The number of benzene rings is 1. The highest BCUT2D eigenvalue weighted by atomic mass is 16.5. The highest BCUT2D eigenvalue weighted by Gasteiger charge is 2.02. The maximum atomic E-state index is 8.79. The molecule has 0 saturated carbocycles. The van der Waals surface area contributed by atoms with Gasteiger partial charge in [-0.3, -0.25) is 0 Å². The van der Waals surface area contributed by atoms with Crippen LogP contribution in [0.25, 0.3) is 0 Å². The molecule has 4 heteroatoms. The van der Waals surface area contributed by atoms with Crippen molar-refractivity contribution in [3.05, 3.63) is 29.8 Å². The first-order valence-corrected chi connectivity index (χ1v) is 4.95. The topological polar surface area (TPSA) is 75.7 Å². The van der Waals surface area contributed by atoms with Gasteiger partial charge in [-0.1, -0.05) is 12.1 Å². The van der Waals surface area contributed by atoms with E-state index in [1.807, 2.05) is 24.3 Å². The van der Waals surface area contributed by atoms with Crippen molar-refractivity contribution in [2.24, 2.45) is 5.73 Å². The second-order valence-corrected chi connectivity index (χ2v) is 3.36. The van der Waals surface area contributed by atoms with Crippen LogP contribution in [0.15, 0.2) is 24.3 Å².